The molecule has 0 aromatic rings. The van der Waals surface area contributed by atoms with E-state index in [1.165, 1.54) is 44.9 Å². The van der Waals surface area contributed by atoms with Gasteiger partial charge in [-0.25, -0.2) is 4.79 Å². The molecule has 0 radical (unpaired) electrons. The maximum absolute atomic E-state index is 12.5. The summed E-state index contributed by atoms with van der Waals surface area (Å²) in [5, 5.41) is 27.6. The minimum absolute atomic E-state index is 0.000514. The molecule has 0 aliphatic heterocycles. The van der Waals surface area contributed by atoms with E-state index in [1.54, 1.807) is 0 Å². The number of amides is 1. The van der Waals surface area contributed by atoms with E-state index in [4.69, 9.17) is 0 Å². The van der Waals surface area contributed by atoms with Crippen molar-refractivity contribution >= 4 is 5.91 Å². The molecule has 0 saturated carbocycles. The number of aliphatic hydroxyl groups is 3. The van der Waals surface area contributed by atoms with Gasteiger partial charge in [0.05, 0.1) is 26.2 Å². The first-order chi connectivity index (χ1) is 11.2. The number of carbonyl (C=O) groups excluding carboxylic acids is 1. The molecule has 5 nitrogen and oxygen atoms in total. The second-order valence-electron chi connectivity index (χ2n) is 6.46. The third-order valence-electron chi connectivity index (χ3n) is 4.61. The van der Waals surface area contributed by atoms with Crippen molar-refractivity contribution in [1.29, 1.82) is 0 Å². The Labute approximate surface area is 141 Å². The lowest BCUT2D eigenvalue weighted by molar-refractivity contribution is -0.856. The zero-order valence-corrected chi connectivity index (χ0v) is 15.0. The molecule has 0 bridgehead atoms. The van der Waals surface area contributed by atoms with Crippen molar-refractivity contribution in [1.82, 2.24) is 0 Å². The number of nitrogens with zero attached hydrogens (tertiary/aromatic N) is 1. The lowest BCUT2D eigenvalue weighted by atomic mass is 10.1. The van der Waals surface area contributed by atoms with E-state index in [2.05, 4.69) is 6.92 Å². The summed E-state index contributed by atoms with van der Waals surface area (Å²) in [5.74, 6) is 0.0325. The van der Waals surface area contributed by atoms with Crippen LogP contribution in [0, 0.1) is 0 Å². The molecule has 0 aliphatic rings. The van der Waals surface area contributed by atoms with Crippen LogP contribution < -0.4 is 0 Å². The molecule has 0 aliphatic carbocycles. The van der Waals surface area contributed by atoms with Gasteiger partial charge in [0.15, 0.2) is 0 Å². The number of aliphatic hydroxyl groups excluding tert-OH is 3. The maximum Gasteiger partial charge on any atom is 0.313 e. The Morgan fingerprint density at radius 3 is 1.48 bits per heavy atom. The van der Waals surface area contributed by atoms with Gasteiger partial charge in [-0.05, 0) is 6.42 Å². The predicted octanol–water partition coefficient (Wildman–Crippen LogP) is 2.23. The van der Waals surface area contributed by atoms with Crippen molar-refractivity contribution in [3.05, 3.63) is 0 Å². The Kier molecular flexibility index (Phi) is 14.7. The van der Waals surface area contributed by atoms with E-state index in [9.17, 15) is 20.1 Å². The molecule has 5 heteroatoms. The summed E-state index contributed by atoms with van der Waals surface area (Å²) in [7, 11) is 0. The Hall–Kier alpha value is -0.490. The third kappa shape index (κ3) is 10.1. The summed E-state index contributed by atoms with van der Waals surface area (Å²) in [4.78, 5) is 12.5. The molecular formula is C18H38NO4+. The van der Waals surface area contributed by atoms with E-state index in [-0.39, 0.29) is 49.8 Å². The highest BCUT2D eigenvalue weighted by Crippen LogP contribution is 2.15. The standard InChI is InChI=1S/C18H38NO4/c1-2-3-4-5-6-7-8-9-10-11-18(23)19(12-15-20,13-16-21)14-17-22/h20-22H,2-17H2,1H3/q+1. The van der Waals surface area contributed by atoms with Crippen LogP contribution in [0.5, 0.6) is 0 Å². The van der Waals surface area contributed by atoms with Crippen molar-refractivity contribution in [3.63, 3.8) is 0 Å². The zero-order valence-electron chi connectivity index (χ0n) is 15.0. The summed E-state index contributed by atoms with van der Waals surface area (Å²) in [6.07, 6.45) is 11.3. The van der Waals surface area contributed by atoms with E-state index in [0.717, 1.165) is 12.8 Å². The fourth-order valence-corrected chi connectivity index (χ4v) is 3.11. The Balaban J connectivity index is 3.98. The molecule has 1 amide bonds. The first-order valence-corrected chi connectivity index (χ1v) is 9.39. The minimum Gasteiger partial charge on any atom is -0.390 e. The number of quaternary nitrogens is 1. The van der Waals surface area contributed by atoms with E-state index < -0.39 is 0 Å². The molecule has 0 spiro atoms. The quantitative estimate of drug-likeness (QED) is 0.299. The molecule has 0 atom stereocenters. The van der Waals surface area contributed by atoms with Crippen molar-refractivity contribution in [2.75, 3.05) is 39.5 Å². The number of hydrogen-bond acceptors (Lipinski definition) is 4. The van der Waals surface area contributed by atoms with Gasteiger partial charge in [0.25, 0.3) is 0 Å². The maximum atomic E-state index is 12.5. The topological polar surface area (TPSA) is 77.8 Å². The van der Waals surface area contributed by atoms with E-state index in [0.29, 0.717) is 6.42 Å². The van der Waals surface area contributed by atoms with Crippen LogP contribution in [0.15, 0.2) is 0 Å². The molecule has 23 heavy (non-hydrogen) atoms. The van der Waals surface area contributed by atoms with Gasteiger partial charge in [-0.2, -0.15) is 0 Å². The van der Waals surface area contributed by atoms with Crippen LogP contribution >= 0.6 is 0 Å². The monoisotopic (exact) mass is 332 g/mol. The predicted molar refractivity (Wildman–Crippen MR) is 93.0 cm³/mol. The molecule has 0 heterocycles. The summed E-state index contributed by atoms with van der Waals surface area (Å²) in [6, 6.07) is 0. The second kappa shape index (κ2) is 15.1. The second-order valence-corrected chi connectivity index (χ2v) is 6.46. The van der Waals surface area contributed by atoms with E-state index >= 15 is 0 Å². The van der Waals surface area contributed by atoms with E-state index in [1.807, 2.05) is 0 Å². The highest BCUT2D eigenvalue weighted by molar-refractivity contribution is 5.69. The van der Waals surface area contributed by atoms with Crippen LogP contribution in [-0.4, -0.2) is 65.2 Å². The van der Waals surface area contributed by atoms with Crippen molar-refractivity contribution in [2.24, 2.45) is 0 Å². The van der Waals surface area contributed by atoms with Gasteiger partial charge < -0.3 is 15.3 Å². The third-order valence-corrected chi connectivity index (χ3v) is 4.61. The lowest BCUT2D eigenvalue weighted by Gasteiger charge is -2.34. The van der Waals surface area contributed by atoms with Gasteiger partial charge in [0.1, 0.15) is 19.6 Å². The van der Waals surface area contributed by atoms with Crippen LogP contribution in [0.3, 0.4) is 0 Å². The largest absolute Gasteiger partial charge is 0.390 e. The van der Waals surface area contributed by atoms with Crippen molar-refractivity contribution in [3.8, 4) is 0 Å². The highest BCUT2D eigenvalue weighted by Gasteiger charge is 2.34. The average Bonchev–Trinajstić information content (AvgIpc) is 2.53. The van der Waals surface area contributed by atoms with Crippen LogP contribution in [0.25, 0.3) is 0 Å². The smallest absolute Gasteiger partial charge is 0.313 e. The summed E-state index contributed by atoms with van der Waals surface area (Å²) < 4.78 is 0.000514. The fraction of sp³-hybridized carbons (Fsp3) is 0.944. The molecule has 0 aromatic carbocycles. The van der Waals surface area contributed by atoms with Gasteiger partial charge in [-0.3, -0.25) is 4.48 Å². The van der Waals surface area contributed by atoms with Crippen LogP contribution in [0.2, 0.25) is 0 Å². The molecular weight excluding hydrogens is 294 g/mol. The summed E-state index contributed by atoms with van der Waals surface area (Å²) >= 11 is 0. The normalized spacial score (nSPS) is 11.8. The Morgan fingerprint density at radius 2 is 1.09 bits per heavy atom. The van der Waals surface area contributed by atoms with Crippen LogP contribution in [-0.2, 0) is 4.79 Å². The van der Waals surface area contributed by atoms with Gasteiger partial charge in [-0.1, -0.05) is 58.3 Å². The Morgan fingerprint density at radius 1 is 0.696 bits per heavy atom. The van der Waals surface area contributed by atoms with Gasteiger partial charge >= 0.3 is 5.91 Å². The number of unbranched alkanes of at least 4 members (excludes halogenated alkanes) is 8. The van der Waals surface area contributed by atoms with Gasteiger partial charge in [0, 0.05) is 0 Å². The number of rotatable bonds is 16. The highest BCUT2D eigenvalue weighted by atomic mass is 16.3. The minimum atomic E-state index is -0.108. The van der Waals surface area contributed by atoms with Crippen LogP contribution in [0.1, 0.15) is 71.1 Å². The summed E-state index contributed by atoms with van der Waals surface area (Å²) in [6.45, 7) is 2.72. The zero-order chi connectivity index (χ0) is 17.4. The van der Waals surface area contributed by atoms with Crippen molar-refractivity contribution < 1.29 is 24.6 Å². The number of hydrogen-bond donors (Lipinski definition) is 3. The van der Waals surface area contributed by atoms with Gasteiger partial charge in [0.2, 0.25) is 0 Å². The molecule has 138 valence electrons. The molecule has 0 saturated heterocycles. The molecule has 0 rings (SSSR count). The SMILES string of the molecule is CCCCCCCCCCCC(=O)[N+](CCO)(CCO)CCO. The average molecular weight is 333 g/mol. The summed E-state index contributed by atoms with van der Waals surface area (Å²) in [5.41, 5.74) is 0. The molecule has 3 N–H and O–H groups in total. The van der Waals surface area contributed by atoms with Gasteiger partial charge in [-0.15, -0.1) is 0 Å². The van der Waals surface area contributed by atoms with Crippen molar-refractivity contribution in [2.45, 2.75) is 71.1 Å². The molecule has 0 fully saturated rings. The fourth-order valence-electron chi connectivity index (χ4n) is 3.11. The first kappa shape index (κ1) is 22.5. The lowest BCUT2D eigenvalue weighted by Crippen LogP contribution is -2.57. The Bertz CT molecular complexity index is 267. The van der Waals surface area contributed by atoms with Crippen LogP contribution in [0.4, 0.5) is 0 Å². The molecule has 0 unspecified atom stereocenters. The number of carbonyl (C=O) groups is 1. The first-order valence-electron chi connectivity index (χ1n) is 9.39. The molecule has 0 aromatic heterocycles.